The first-order valence-corrected chi connectivity index (χ1v) is 11.6. The number of hydrogen-bond donors (Lipinski definition) is 2. The molecule has 0 bridgehead atoms. The van der Waals surface area contributed by atoms with Gasteiger partial charge in [-0.25, -0.2) is 14.6 Å². The molecule has 0 spiro atoms. The summed E-state index contributed by atoms with van der Waals surface area (Å²) in [5.41, 5.74) is 2.12. The molecule has 170 valence electrons. The van der Waals surface area contributed by atoms with Crippen LogP contribution in [-0.4, -0.2) is 37.5 Å². The molecule has 0 aliphatic carbocycles. The normalized spacial score (nSPS) is 14.8. The van der Waals surface area contributed by atoms with Crippen molar-refractivity contribution in [2.75, 3.05) is 0 Å². The summed E-state index contributed by atoms with van der Waals surface area (Å²) in [4.78, 5) is 43.1. The number of aryl methyl sites for hydroxylation is 1. The van der Waals surface area contributed by atoms with Crippen molar-refractivity contribution in [3.63, 3.8) is 0 Å². The number of thiophene rings is 1. The van der Waals surface area contributed by atoms with Gasteiger partial charge in [0, 0.05) is 17.8 Å². The second kappa shape index (κ2) is 9.83. The summed E-state index contributed by atoms with van der Waals surface area (Å²) >= 11 is 1.52. The van der Waals surface area contributed by atoms with Gasteiger partial charge in [-0.1, -0.05) is 31.5 Å². The van der Waals surface area contributed by atoms with Crippen LogP contribution in [0.5, 0.6) is 0 Å². The predicted molar refractivity (Wildman–Crippen MR) is 125 cm³/mol. The van der Waals surface area contributed by atoms with Crippen molar-refractivity contribution in [2.24, 2.45) is 0 Å². The lowest BCUT2D eigenvalue weighted by molar-refractivity contribution is -0.116. The number of rotatable bonds is 9. The quantitative estimate of drug-likeness (QED) is 0.366. The van der Waals surface area contributed by atoms with Crippen molar-refractivity contribution in [3.05, 3.63) is 81.2 Å². The monoisotopic (exact) mass is 464 g/mol. The van der Waals surface area contributed by atoms with Crippen LogP contribution in [0.25, 0.3) is 6.08 Å². The number of carbonyl (C=O) groups excluding carboxylic acids is 2. The van der Waals surface area contributed by atoms with E-state index in [0.717, 1.165) is 35.5 Å². The highest BCUT2D eigenvalue weighted by Gasteiger charge is 2.33. The van der Waals surface area contributed by atoms with Crippen molar-refractivity contribution >= 4 is 35.3 Å². The molecule has 2 aromatic heterocycles. The van der Waals surface area contributed by atoms with E-state index in [1.165, 1.54) is 16.2 Å². The van der Waals surface area contributed by atoms with Gasteiger partial charge in [-0.05, 0) is 41.6 Å². The van der Waals surface area contributed by atoms with Crippen LogP contribution in [0, 0.1) is 0 Å². The second-order valence-corrected chi connectivity index (χ2v) is 8.78. The number of imide groups is 1. The Morgan fingerprint density at radius 3 is 2.64 bits per heavy atom. The van der Waals surface area contributed by atoms with Gasteiger partial charge >= 0.3 is 12.0 Å². The highest BCUT2D eigenvalue weighted by molar-refractivity contribution is 7.09. The number of benzene rings is 1. The number of carboxylic acid groups (broad SMARTS) is 1. The lowest BCUT2D eigenvalue weighted by atomic mass is 10.1. The fourth-order valence-corrected chi connectivity index (χ4v) is 4.35. The van der Waals surface area contributed by atoms with E-state index >= 15 is 0 Å². The highest BCUT2D eigenvalue weighted by atomic mass is 32.1. The van der Waals surface area contributed by atoms with Crippen molar-refractivity contribution in [1.82, 2.24) is 19.8 Å². The van der Waals surface area contributed by atoms with E-state index in [4.69, 9.17) is 5.11 Å². The third-order valence-electron chi connectivity index (χ3n) is 5.43. The van der Waals surface area contributed by atoms with Gasteiger partial charge in [0.1, 0.15) is 11.5 Å². The highest BCUT2D eigenvalue weighted by Crippen LogP contribution is 2.23. The van der Waals surface area contributed by atoms with Crippen molar-refractivity contribution in [1.29, 1.82) is 0 Å². The fourth-order valence-electron chi connectivity index (χ4n) is 3.66. The summed E-state index contributed by atoms with van der Waals surface area (Å²) in [6.07, 6.45) is 6.17. The predicted octanol–water partition coefficient (Wildman–Crippen LogP) is 4.13. The summed E-state index contributed by atoms with van der Waals surface area (Å²) in [5.74, 6) is -0.535. The molecule has 3 aromatic rings. The Balaban J connectivity index is 1.68. The number of carboxylic acids is 1. The number of nitrogens with one attached hydrogen (secondary N) is 1. The summed E-state index contributed by atoms with van der Waals surface area (Å²) < 4.78 is 2.01. The van der Waals surface area contributed by atoms with Crippen LogP contribution in [0.3, 0.4) is 0 Å². The van der Waals surface area contributed by atoms with Crippen molar-refractivity contribution in [2.45, 2.75) is 39.3 Å². The minimum Gasteiger partial charge on any atom is -0.478 e. The van der Waals surface area contributed by atoms with Crippen LogP contribution in [-0.2, 0) is 24.3 Å². The summed E-state index contributed by atoms with van der Waals surface area (Å²) in [6, 6.07) is 10.1. The molecule has 8 nitrogen and oxygen atoms in total. The molecule has 0 saturated carbocycles. The summed E-state index contributed by atoms with van der Waals surface area (Å²) in [6.45, 7) is 2.89. The van der Waals surface area contributed by atoms with E-state index in [2.05, 4.69) is 17.2 Å². The molecule has 0 unspecified atom stereocenters. The topological polar surface area (TPSA) is 105 Å². The van der Waals surface area contributed by atoms with Gasteiger partial charge in [0.15, 0.2) is 0 Å². The van der Waals surface area contributed by atoms with Crippen LogP contribution in [0.2, 0.25) is 0 Å². The number of aromatic nitrogens is 2. The zero-order valence-corrected chi connectivity index (χ0v) is 19.0. The average Bonchev–Trinajstić information content (AvgIpc) is 3.50. The fraction of sp³-hybridized carbons (Fsp3) is 0.250. The first kappa shape index (κ1) is 22.5. The molecule has 0 atom stereocenters. The van der Waals surface area contributed by atoms with Gasteiger partial charge in [0.25, 0.3) is 5.91 Å². The zero-order chi connectivity index (χ0) is 23.4. The van der Waals surface area contributed by atoms with Crippen LogP contribution in [0.1, 0.15) is 52.1 Å². The summed E-state index contributed by atoms with van der Waals surface area (Å²) in [7, 11) is 0. The third kappa shape index (κ3) is 5.04. The Hall–Kier alpha value is -3.72. The van der Waals surface area contributed by atoms with Crippen LogP contribution < -0.4 is 5.32 Å². The second-order valence-electron chi connectivity index (χ2n) is 7.75. The van der Waals surface area contributed by atoms with E-state index in [0.29, 0.717) is 18.8 Å². The molecule has 0 radical (unpaired) electrons. The molecule has 3 heterocycles. The third-order valence-corrected chi connectivity index (χ3v) is 6.29. The standard InChI is InChI=1S/C24H24N4O4S/c1-2-3-6-21-25-13-18(27(21)14-16-7-9-17(10-8-16)23(30)31)12-20-22(29)26-24(32)28(20)15-19-5-4-11-33-19/h4-5,7-13H,2-3,6,14-15H2,1H3,(H,30,31)(H,26,29,32). The first-order valence-electron chi connectivity index (χ1n) is 10.7. The molecule has 1 fully saturated rings. The molecule has 1 aromatic carbocycles. The molecule has 9 heteroatoms. The molecular formula is C24H24N4O4S. The van der Waals surface area contributed by atoms with Crippen LogP contribution >= 0.6 is 11.3 Å². The Bertz CT molecular complexity index is 1200. The van der Waals surface area contributed by atoms with E-state index in [-0.39, 0.29) is 11.3 Å². The Morgan fingerprint density at radius 1 is 1.18 bits per heavy atom. The lowest BCUT2D eigenvalue weighted by Gasteiger charge is -2.15. The van der Waals surface area contributed by atoms with Crippen LogP contribution in [0.15, 0.2) is 53.7 Å². The maximum Gasteiger partial charge on any atom is 0.335 e. The van der Waals surface area contributed by atoms with Gasteiger partial charge in [-0.2, -0.15) is 0 Å². The minimum absolute atomic E-state index is 0.225. The maximum absolute atomic E-state index is 12.6. The molecule has 1 aliphatic heterocycles. The lowest BCUT2D eigenvalue weighted by Crippen LogP contribution is -2.27. The van der Waals surface area contributed by atoms with E-state index < -0.39 is 17.9 Å². The smallest absolute Gasteiger partial charge is 0.335 e. The van der Waals surface area contributed by atoms with Gasteiger partial charge in [0.2, 0.25) is 0 Å². The Morgan fingerprint density at radius 2 is 1.97 bits per heavy atom. The number of urea groups is 1. The summed E-state index contributed by atoms with van der Waals surface area (Å²) in [5, 5.41) is 13.5. The zero-order valence-electron chi connectivity index (χ0n) is 18.2. The molecule has 1 aliphatic rings. The molecular weight excluding hydrogens is 440 g/mol. The molecule has 4 rings (SSSR count). The van der Waals surface area contributed by atoms with Gasteiger partial charge in [0.05, 0.1) is 24.0 Å². The van der Waals surface area contributed by atoms with Gasteiger partial charge < -0.3 is 9.67 Å². The number of imidazole rings is 1. The largest absolute Gasteiger partial charge is 0.478 e. The van der Waals surface area contributed by atoms with Gasteiger partial charge in [-0.15, -0.1) is 11.3 Å². The Kier molecular flexibility index (Phi) is 6.69. The van der Waals surface area contributed by atoms with Crippen molar-refractivity contribution in [3.8, 4) is 0 Å². The number of amides is 3. The molecule has 3 amide bonds. The molecule has 2 N–H and O–H groups in total. The number of hydrogen-bond acceptors (Lipinski definition) is 5. The van der Waals surface area contributed by atoms with E-state index in [9.17, 15) is 14.4 Å². The average molecular weight is 465 g/mol. The molecule has 1 saturated heterocycles. The number of unbranched alkanes of at least 4 members (excludes halogenated alkanes) is 1. The number of aromatic carboxylic acids is 1. The van der Waals surface area contributed by atoms with Gasteiger partial charge in [-0.3, -0.25) is 15.0 Å². The van der Waals surface area contributed by atoms with E-state index in [1.807, 2.05) is 22.1 Å². The Labute approximate surface area is 195 Å². The number of carbonyl (C=O) groups is 3. The first-order chi connectivity index (χ1) is 16.0. The van der Waals surface area contributed by atoms with E-state index in [1.54, 1.807) is 36.5 Å². The van der Waals surface area contributed by atoms with Crippen LogP contribution in [0.4, 0.5) is 4.79 Å². The van der Waals surface area contributed by atoms with Crippen molar-refractivity contribution < 1.29 is 19.5 Å². The molecule has 33 heavy (non-hydrogen) atoms. The number of nitrogens with zero attached hydrogens (tertiary/aromatic N) is 3. The SMILES string of the molecule is CCCCc1ncc(C=C2C(=O)NC(=O)N2Cc2cccs2)n1Cc1ccc(C(=O)O)cc1. The minimum atomic E-state index is -0.971. The maximum atomic E-state index is 12.6.